The number of carboxylic acid groups (broad SMARTS) is 1. The molecule has 0 radical (unpaired) electrons. The maximum absolute atomic E-state index is 9.92. The molecular formula is C3H6NO2P. The Morgan fingerprint density at radius 3 is 2.43 bits per heavy atom. The van der Waals surface area contributed by atoms with Gasteiger partial charge in [-0.3, -0.25) is 9.46 Å². The van der Waals surface area contributed by atoms with Crippen molar-refractivity contribution in [2.75, 3.05) is 6.54 Å². The van der Waals surface area contributed by atoms with E-state index in [1.165, 1.54) is 0 Å². The predicted octanol–water partition coefficient (Wildman–Crippen LogP) is -0.455. The lowest BCUT2D eigenvalue weighted by atomic mass is 10.5. The van der Waals surface area contributed by atoms with Crippen LogP contribution in [-0.4, -0.2) is 28.3 Å². The van der Waals surface area contributed by atoms with E-state index in [1.807, 2.05) is 0 Å². The molecule has 1 aliphatic heterocycles. The van der Waals surface area contributed by atoms with E-state index in [0.717, 1.165) is 0 Å². The van der Waals surface area contributed by atoms with Gasteiger partial charge in [0.25, 0.3) is 0 Å². The molecule has 0 saturated carbocycles. The molecule has 1 heterocycles. The van der Waals surface area contributed by atoms with Gasteiger partial charge in [-0.15, -0.1) is 0 Å². The Labute approximate surface area is 43.6 Å². The molecule has 0 spiro atoms. The van der Waals surface area contributed by atoms with E-state index < -0.39 is 5.97 Å². The van der Waals surface area contributed by atoms with Crippen molar-refractivity contribution in [2.45, 2.75) is 6.04 Å². The van der Waals surface area contributed by atoms with Crippen molar-refractivity contribution < 1.29 is 9.90 Å². The maximum atomic E-state index is 9.92. The molecule has 40 valence electrons. The summed E-state index contributed by atoms with van der Waals surface area (Å²) in [4.78, 5) is 9.92. The van der Waals surface area contributed by atoms with Crippen LogP contribution in [0, 0.1) is 0 Å². The van der Waals surface area contributed by atoms with Gasteiger partial charge in [-0.25, -0.2) is 0 Å². The Hall–Kier alpha value is -0.140. The van der Waals surface area contributed by atoms with Gasteiger partial charge >= 0.3 is 5.97 Å². The summed E-state index contributed by atoms with van der Waals surface area (Å²) in [7, 11) is 2.33. The summed E-state index contributed by atoms with van der Waals surface area (Å²) in [6.07, 6.45) is 0. The molecule has 7 heavy (non-hydrogen) atoms. The molecule has 0 aromatic carbocycles. The quantitative estimate of drug-likeness (QED) is 0.375. The number of aliphatic carboxylic acids is 1. The zero-order valence-electron chi connectivity index (χ0n) is 3.66. The molecule has 1 N–H and O–H groups in total. The predicted molar refractivity (Wildman–Crippen MR) is 27.8 cm³/mol. The standard InChI is InChI=1S/C3H6NO2P/c5-3(6)2-1-4(2)7/h2H,1,7H2,(H,5,6). The lowest BCUT2D eigenvalue weighted by Gasteiger charge is -1.82. The first-order chi connectivity index (χ1) is 3.22. The van der Waals surface area contributed by atoms with E-state index in [4.69, 9.17) is 5.11 Å². The van der Waals surface area contributed by atoms with Crippen molar-refractivity contribution in [2.24, 2.45) is 0 Å². The summed E-state index contributed by atoms with van der Waals surface area (Å²) in [5, 5.41) is 8.17. The molecule has 3 atom stereocenters. The SMILES string of the molecule is O=C(O)C1CN1P. The van der Waals surface area contributed by atoms with Crippen molar-refractivity contribution in [1.29, 1.82) is 0 Å². The number of carboxylic acids is 1. The summed E-state index contributed by atoms with van der Waals surface area (Å²) in [6, 6.07) is -0.218. The Morgan fingerprint density at radius 2 is 2.43 bits per heavy atom. The molecule has 1 fully saturated rings. The lowest BCUT2D eigenvalue weighted by Crippen LogP contribution is -2.05. The molecule has 1 rings (SSSR count). The highest BCUT2D eigenvalue weighted by atomic mass is 31.0. The number of hydrogen-bond acceptors (Lipinski definition) is 2. The Morgan fingerprint density at radius 1 is 2.00 bits per heavy atom. The van der Waals surface area contributed by atoms with Crippen LogP contribution in [0.5, 0.6) is 0 Å². The summed E-state index contributed by atoms with van der Waals surface area (Å²) in [5.74, 6) is -0.727. The molecule has 1 aliphatic rings. The number of hydrogen-bond donors (Lipinski definition) is 1. The highest BCUT2D eigenvalue weighted by Gasteiger charge is 2.36. The fraction of sp³-hybridized carbons (Fsp3) is 0.667. The van der Waals surface area contributed by atoms with Crippen LogP contribution in [0.2, 0.25) is 0 Å². The molecule has 4 heteroatoms. The van der Waals surface area contributed by atoms with Crippen molar-refractivity contribution in [3.05, 3.63) is 0 Å². The first-order valence-corrected chi connectivity index (χ1v) is 2.47. The summed E-state index contributed by atoms with van der Waals surface area (Å²) < 4.78 is 1.68. The largest absolute Gasteiger partial charge is 0.480 e. The van der Waals surface area contributed by atoms with Crippen LogP contribution in [0.1, 0.15) is 0 Å². The van der Waals surface area contributed by atoms with Gasteiger partial charge < -0.3 is 5.11 Å². The molecule has 0 amide bonds. The lowest BCUT2D eigenvalue weighted by molar-refractivity contribution is -0.136. The van der Waals surface area contributed by atoms with Crippen molar-refractivity contribution in [1.82, 2.24) is 4.67 Å². The second-order valence-corrected chi connectivity index (χ2v) is 2.21. The third-order valence-electron chi connectivity index (χ3n) is 0.936. The molecule has 3 nitrogen and oxygen atoms in total. The van der Waals surface area contributed by atoms with Crippen LogP contribution in [0.25, 0.3) is 0 Å². The molecule has 1 saturated heterocycles. The minimum Gasteiger partial charge on any atom is -0.480 e. The highest BCUT2D eigenvalue weighted by molar-refractivity contribution is 7.14. The second kappa shape index (κ2) is 1.42. The fourth-order valence-electron chi connectivity index (χ4n) is 0.372. The first kappa shape index (κ1) is 5.01. The van der Waals surface area contributed by atoms with Gasteiger partial charge in [-0.1, -0.05) is 9.39 Å². The van der Waals surface area contributed by atoms with Gasteiger partial charge in [-0.2, -0.15) is 0 Å². The van der Waals surface area contributed by atoms with Crippen molar-refractivity contribution in [3.8, 4) is 0 Å². The summed E-state index contributed by atoms with van der Waals surface area (Å²) >= 11 is 0. The second-order valence-electron chi connectivity index (χ2n) is 1.55. The Bertz CT molecular complexity index is 105. The van der Waals surface area contributed by atoms with Crippen molar-refractivity contribution in [3.63, 3.8) is 0 Å². The van der Waals surface area contributed by atoms with Crippen LogP contribution in [0.15, 0.2) is 0 Å². The zero-order valence-corrected chi connectivity index (χ0v) is 4.82. The van der Waals surface area contributed by atoms with Gasteiger partial charge in [0.05, 0.1) is 0 Å². The van der Waals surface area contributed by atoms with Gasteiger partial charge in [0, 0.05) is 6.54 Å². The van der Waals surface area contributed by atoms with Crippen molar-refractivity contribution >= 4 is 15.4 Å². The minimum absolute atomic E-state index is 0.218. The van der Waals surface area contributed by atoms with E-state index in [-0.39, 0.29) is 6.04 Å². The highest BCUT2D eigenvalue weighted by Crippen LogP contribution is 2.21. The molecule has 0 bridgehead atoms. The maximum Gasteiger partial charge on any atom is 0.322 e. The number of carbonyl (C=O) groups is 1. The molecule has 0 aromatic rings. The first-order valence-electron chi connectivity index (χ1n) is 1.96. The minimum atomic E-state index is -0.727. The average molecular weight is 119 g/mol. The molecule has 0 aromatic heterocycles. The number of rotatable bonds is 1. The van der Waals surface area contributed by atoms with Crippen LogP contribution in [0.4, 0.5) is 0 Å². The van der Waals surface area contributed by atoms with E-state index >= 15 is 0 Å². The van der Waals surface area contributed by atoms with Gasteiger partial charge in [0.1, 0.15) is 6.04 Å². The van der Waals surface area contributed by atoms with Crippen LogP contribution in [0.3, 0.4) is 0 Å². The van der Waals surface area contributed by atoms with Gasteiger partial charge in [0.15, 0.2) is 0 Å². The summed E-state index contributed by atoms with van der Waals surface area (Å²) in [5.41, 5.74) is 0. The Kier molecular flexibility index (Phi) is 1.02. The van der Waals surface area contributed by atoms with E-state index in [1.54, 1.807) is 4.67 Å². The molecule has 0 aliphatic carbocycles. The smallest absolute Gasteiger partial charge is 0.322 e. The van der Waals surface area contributed by atoms with Gasteiger partial charge in [0.2, 0.25) is 0 Å². The van der Waals surface area contributed by atoms with E-state index in [0.29, 0.717) is 6.54 Å². The van der Waals surface area contributed by atoms with Crippen LogP contribution >= 0.6 is 9.39 Å². The van der Waals surface area contributed by atoms with E-state index in [9.17, 15) is 4.79 Å². The monoisotopic (exact) mass is 119 g/mol. The topological polar surface area (TPSA) is 40.3 Å². The normalized spacial score (nSPS) is 37.9. The molecule has 3 unspecified atom stereocenters. The molecular weight excluding hydrogens is 113 g/mol. The van der Waals surface area contributed by atoms with Crippen LogP contribution in [-0.2, 0) is 4.79 Å². The third-order valence-corrected chi connectivity index (χ3v) is 1.51. The average Bonchev–Trinajstić information content (AvgIpc) is 2.17. The number of nitrogens with zero attached hydrogens (tertiary/aromatic N) is 1. The van der Waals surface area contributed by atoms with Crippen LogP contribution < -0.4 is 0 Å². The third kappa shape index (κ3) is 0.898. The summed E-state index contributed by atoms with van der Waals surface area (Å²) in [6.45, 7) is 0.681. The fourth-order valence-corrected chi connectivity index (χ4v) is 0.700. The van der Waals surface area contributed by atoms with Gasteiger partial charge in [-0.05, 0) is 0 Å². The van der Waals surface area contributed by atoms with E-state index in [2.05, 4.69) is 9.39 Å². The Balaban J connectivity index is 2.33. The zero-order chi connectivity index (χ0) is 5.44.